The monoisotopic (exact) mass is 470 g/mol. The number of rotatable bonds is 5. The normalized spacial score (nSPS) is 15.5. The Bertz CT molecular complexity index is 1280. The van der Waals surface area contributed by atoms with Crippen molar-refractivity contribution in [3.8, 4) is 22.5 Å². The lowest BCUT2D eigenvalue weighted by molar-refractivity contribution is 0.171. The minimum atomic E-state index is 0.574. The van der Waals surface area contributed by atoms with Gasteiger partial charge in [0.05, 0.1) is 11.0 Å². The van der Waals surface area contributed by atoms with Crippen LogP contribution in [0, 0.1) is 6.92 Å². The molecule has 0 saturated carbocycles. The minimum absolute atomic E-state index is 0.574. The Kier molecular flexibility index (Phi) is 6.50. The largest absolute Gasteiger partial charge is 0.327 e. The second kappa shape index (κ2) is 9.55. The molecule has 1 fully saturated rings. The van der Waals surface area contributed by atoms with Crippen molar-refractivity contribution >= 4 is 22.8 Å². The molecular weight excluding hydrogens is 436 g/mol. The topological polar surface area (TPSA) is 34.0 Å². The first-order valence-corrected chi connectivity index (χ1v) is 13.5. The minimum Gasteiger partial charge on any atom is -0.327 e. The molecule has 2 aromatic heterocycles. The van der Waals surface area contributed by atoms with Gasteiger partial charge >= 0.3 is 0 Å². The molecule has 1 aliphatic rings. The molecule has 34 heavy (non-hydrogen) atoms. The lowest BCUT2D eigenvalue weighted by Crippen LogP contribution is -2.37. The quantitative estimate of drug-likeness (QED) is 0.296. The van der Waals surface area contributed by atoms with Crippen molar-refractivity contribution in [2.75, 3.05) is 19.3 Å². The molecular formula is C29H34N4S. The first-order valence-electron chi connectivity index (χ1n) is 12.3. The Morgan fingerprint density at radius 1 is 0.941 bits per heavy atom. The predicted octanol–water partition coefficient (Wildman–Crippen LogP) is 6.92. The van der Waals surface area contributed by atoms with Crippen LogP contribution in [0.25, 0.3) is 33.5 Å². The van der Waals surface area contributed by atoms with E-state index < -0.39 is 0 Å². The summed E-state index contributed by atoms with van der Waals surface area (Å²) < 4.78 is 2.21. The molecule has 0 N–H and O–H groups in total. The van der Waals surface area contributed by atoms with Gasteiger partial charge in [0, 0.05) is 46.9 Å². The van der Waals surface area contributed by atoms with Crippen LogP contribution in [-0.4, -0.2) is 44.8 Å². The number of thioether (sulfide) groups is 1. The summed E-state index contributed by atoms with van der Waals surface area (Å²) in [6, 6.07) is 18.3. The highest BCUT2D eigenvalue weighted by atomic mass is 32.2. The maximum absolute atomic E-state index is 5.00. The summed E-state index contributed by atoms with van der Waals surface area (Å²) in [4.78, 5) is 13.7. The van der Waals surface area contributed by atoms with Gasteiger partial charge in [0.1, 0.15) is 5.82 Å². The third kappa shape index (κ3) is 4.39. The highest BCUT2D eigenvalue weighted by Crippen LogP contribution is 2.33. The molecule has 3 heterocycles. The van der Waals surface area contributed by atoms with E-state index in [9.17, 15) is 0 Å². The van der Waals surface area contributed by atoms with Crippen molar-refractivity contribution < 1.29 is 0 Å². The van der Waals surface area contributed by atoms with Gasteiger partial charge in [-0.05, 0) is 94.4 Å². The fraction of sp³-hybridized carbons (Fsp3) is 0.379. The molecule has 2 aromatic carbocycles. The Labute approximate surface area is 207 Å². The van der Waals surface area contributed by atoms with Gasteiger partial charge in [-0.1, -0.05) is 18.2 Å². The molecule has 0 bridgehead atoms. The molecule has 176 valence electrons. The van der Waals surface area contributed by atoms with Crippen molar-refractivity contribution in [3.63, 3.8) is 0 Å². The predicted molar refractivity (Wildman–Crippen MR) is 145 cm³/mol. The van der Waals surface area contributed by atoms with Crippen molar-refractivity contribution in [2.24, 2.45) is 7.05 Å². The standard InChI is InChI=1S/C29H34N4S/c1-19(2)33-14-12-21(13-15-33)26-11-8-23(18-30-26)24-16-20(3)28-27(17-24)32(4)29(31-28)22-6-9-25(34-5)10-7-22/h6-11,16-19,21H,12-15H2,1-5H3. The van der Waals surface area contributed by atoms with E-state index >= 15 is 0 Å². The Morgan fingerprint density at radius 2 is 1.65 bits per heavy atom. The Hall–Kier alpha value is -2.63. The summed E-state index contributed by atoms with van der Waals surface area (Å²) in [5, 5.41) is 0. The number of piperidine rings is 1. The molecule has 0 atom stereocenters. The van der Waals surface area contributed by atoms with Gasteiger partial charge in [0.15, 0.2) is 0 Å². The smallest absolute Gasteiger partial charge is 0.140 e. The summed E-state index contributed by atoms with van der Waals surface area (Å²) >= 11 is 1.76. The van der Waals surface area contributed by atoms with Crippen LogP contribution in [0.1, 0.15) is 43.9 Å². The number of pyridine rings is 1. The van der Waals surface area contributed by atoms with Crippen molar-refractivity contribution in [1.82, 2.24) is 19.4 Å². The highest BCUT2D eigenvalue weighted by Gasteiger charge is 2.23. The molecule has 4 nitrogen and oxygen atoms in total. The SMILES string of the molecule is CSc1ccc(-c2nc3c(C)cc(-c4ccc(C5CCN(C(C)C)CC5)nc4)cc3n2C)cc1. The number of benzene rings is 2. The van der Waals surface area contributed by atoms with Crippen LogP contribution in [-0.2, 0) is 7.05 Å². The number of aromatic nitrogens is 3. The first-order chi connectivity index (χ1) is 16.4. The van der Waals surface area contributed by atoms with Gasteiger partial charge in [-0.25, -0.2) is 4.98 Å². The van der Waals surface area contributed by atoms with Crippen LogP contribution in [0.2, 0.25) is 0 Å². The number of likely N-dealkylation sites (tertiary alicyclic amines) is 1. The molecule has 5 heteroatoms. The zero-order chi connectivity index (χ0) is 23.8. The van der Waals surface area contributed by atoms with Gasteiger partial charge in [0.25, 0.3) is 0 Å². The van der Waals surface area contributed by atoms with E-state index in [4.69, 9.17) is 9.97 Å². The lowest BCUT2D eigenvalue weighted by Gasteiger charge is -2.34. The summed E-state index contributed by atoms with van der Waals surface area (Å²) in [5.41, 5.74) is 8.17. The molecule has 1 saturated heterocycles. The van der Waals surface area contributed by atoms with Crippen LogP contribution >= 0.6 is 11.8 Å². The van der Waals surface area contributed by atoms with Crippen molar-refractivity contribution in [2.45, 2.75) is 50.5 Å². The number of hydrogen-bond donors (Lipinski definition) is 0. The third-order valence-electron chi connectivity index (χ3n) is 7.32. The summed E-state index contributed by atoms with van der Waals surface area (Å²) in [7, 11) is 2.11. The Morgan fingerprint density at radius 3 is 2.26 bits per heavy atom. The van der Waals surface area contributed by atoms with Crippen LogP contribution in [0.15, 0.2) is 59.6 Å². The fourth-order valence-electron chi connectivity index (χ4n) is 5.15. The van der Waals surface area contributed by atoms with Gasteiger partial charge < -0.3 is 9.47 Å². The first kappa shape index (κ1) is 23.1. The summed E-state index contributed by atoms with van der Waals surface area (Å²) in [5.74, 6) is 1.58. The maximum Gasteiger partial charge on any atom is 0.140 e. The van der Waals surface area contributed by atoms with Crippen LogP contribution in [0.4, 0.5) is 0 Å². The van der Waals surface area contributed by atoms with E-state index in [-0.39, 0.29) is 0 Å². The van der Waals surface area contributed by atoms with E-state index in [1.54, 1.807) is 11.8 Å². The number of imidazole rings is 1. The number of hydrogen-bond acceptors (Lipinski definition) is 4. The zero-order valence-corrected chi connectivity index (χ0v) is 21.7. The number of aryl methyl sites for hydroxylation is 2. The molecule has 4 aromatic rings. The molecule has 0 spiro atoms. The van der Waals surface area contributed by atoms with E-state index in [1.807, 2.05) is 0 Å². The third-order valence-corrected chi connectivity index (χ3v) is 8.07. The van der Waals surface area contributed by atoms with E-state index in [2.05, 4.69) is 98.3 Å². The van der Waals surface area contributed by atoms with Gasteiger partial charge in [-0.3, -0.25) is 4.98 Å². The average Bonchev–Trinajstić information content (AvgIpc) is 3.21. The lowest BCUT2D eigenvalue weighted by atomic mass is 9.92. The zero-order valence-electron chi connectivity index (χ0n) is 20.9. The number of nitrogens with zero attached hydrogens (tertiary/aromatic N) is 4. The maximum atomic E-state index is 5.00. The van der Waals surface area contributed by atoms with Crippen LogP contribution < -0.4 is 0 Å². The fourth-order valence-corrected chi connectivity index (χ4v) is 5.56. The molecule has 1 aliphatic heterocycles. The van der Waals surface area contributed by atoms with Crippen LogP contribution in [0.5, 0.6) is 0 Å². The molecule has 0 unspecified atom stereocenters. The van der Waals surface area contributed by atoms with Crippen molar-refractivity contribution in [1.29, 1.82) is 0 Å². The van der Waals surface area contributed by atoms with Crippen molar-refractivity contribution in [3.05, 3.63) is 66.0 Å². The van der Waals surface area contributed by atoms with E-state index in [0.717, 1.165) is 22.4 Å². The Balaban J connectivity index is 1.42. The average molecular weight is 471 g/mol. The van der Waals surface area contributed by atoms with Gasteiger partial charge in [-0.2, -0.15) is 0 Å². The number of fused-ring (bicyclic) bond motifs is 1. The van der Waals surface area contributed by atoms with Gasteiger partial charge in [-0.15, -0.1) is 11.8 Å². The highest BCUT2D eigenvalue weighted by molar-refractivity contribution is 7.98. The molecule has 0 aliphatic carbocycles. The molecule has 5 rings (SSSR count). The van der Waals surface area contributed by atoms with Crippen LogP contribution in [0.3, 0.4) is 0 Å². The molecule has 0 radical (unpaired) electrons. The second-order valence-electron chi connectivity index (χ2n) is 9.76. The van der Waals surface area contributed by atoms with E-state index in [1.165, 1.54) is 53.2 Å². The summed E-state index contributed by atoms with van der Waals surface area (Å²) in [6.07, 6.45) is 6.56. The molecule has 0 amide bonds. The summed E-state index contributed by atoms with van der Waals surface area (Å²) in [6.45, 7) is 9.08. The second-order valence-corrected chi connectivity index (χ2v) is 10.6. The van der Waals surface area contributed by atoms with E-state index in [0.29, 0.717) is 12.0 Å². The van der Waals surface area contributed by atoms with Gasteiger partial charge in [0.2, 0.25) is 0 Å².